The number of hydrogen-bond acceptors (Lipinski definition) is 1. The molecule has 1 nitrogen and oxygen atoms in total. The maximum atomic E-state index is 4.53. The Morgan fingerprint density at radius 3 is 2.58 bits per heavy atom. The molecule has 0 amide bonds. The molecule has 1 heteroatoms. The van der Waals surface area contributed by atoms with Crippen molar-refractivity contribution in [2.24, 2.45) is 0 Å². The van der Waals surface area contributed by atoms with Gasteiger partial charge >= 0.3 is 0 Å². The van der Waals surface area contributed by atoms with Crippen LogP contribution in [0.15, 0.2) is 48.7 Å². The molecular weight excluding hydrogens is 230 g/mol. The van der Waals surface area contributed by atoms with Crippen LogP contribution in [0.5, 0.6) is 0 Å². The van der Waals surface area contributed by atoms with Crippen LogP contribution in [0.25, 0.3) is 27.1 Å². The third kappa shape index (κ3) is 1.91. The fourth-order valence-corrected chi connectivity index (χ4v) is 2.57. The predicted molar refractivity (Wildman–Crippen MR) is 83.3 cm³/mol. The second-order valence-electron chi connectivity index (χ2n) is 5.02. The van der Waals surface area contributed by atoms with Crippen molar-refractivity contribution >= 4 is 27.1 Å². The van der Waals surface area contributed by atoms with Gasteiger partial charge in [-0.05, 0) is 48.6 Å². The van der Waals surface area contributed by atoms with E-state index >= 15 is 0 Å². The van der Waals surface area contributed by atoms with E-state index < -0.39 is 0 Å². The van der Waals surface area contributed by atoms with Crippen molar-refractivity contribution in [2.75, 3.05) is 0 Å². The van der Waals surface area contributed by atoms with Crippen molar-refractivity contribution in [2.45, 2.75) is 20.8 Å². The van der Waals surface area contributed by atoms with Crippen molar-refractivity contribution < 1.29 is 0 Å². The second kappa shape index (κ2) is 4.51. The quantitative estimate of drug-likeness (QED) is 0.544. The largest absolute Gasteiger partial charge is 0.256 e. The molecule has 3 rings (SSSR count). The molecule has 0 saturated carbocycles. The number of fused-ring (bicyclic) bond motifs is 3. The minimum Gasteiger partial charge on any atom is -0.256 e. The van der Waals surface area contributed by atoms with E-state index in [4.69, 9.17) is 0 Å². The molecule has 0 fully saturated rings. The SMILES string of the molecule is C/C=C(\C)c1nccc2c1ccc1cc(C)ccc12. The number of nitrogens with zero attached hydrogens (tertiary/aromatic N) is 1. The molecule has 0 aliphatic heterocycles. The van der Waals surface area contributed by atoms with Gasteiger partial charge < -0.3 is 0 Å². The minimum absolute atomic E-state index is 1.09. The molecule has 1 aromatic heterocycles. The van der Waals surface area contributed by atoms with E-state index in [-0.39, 0.29) is 0 Å². The van der Waals surface area contributed by atoms with Crippen molar-refractivity contribution in [3.63, 3.8) is 0 Å². The Kier molecular flexibility index (Phi) is 2.83. The van der Waals surface area contributed by atoms with E-state index in [0.717, 1.165) is 5.69 Å². The Bertz CT molecular complexity index is 797. The van der Waals surface area contributed by atoms with Gasteiger partial charge in [0.05, 0.1) is 5.69 Å². The highest BCUT2D eigenvalue weighted by atomic mass is 14.7. The third-order valence-electron chi connectivity index (χ3n) is 3.72. The van der Waals surface area contributed by atoms with Crippen LogP contribution in [0.1, 0.15) is 25.1 Å². The highest BCUT2D eigenvalue weighted by Crippen LogP contribution is 2.29. The van der Waals surface area contributed by atoms with Crippen molar-refractivity contribution in [3.05, 3.63) is 59.9 Å². The van der Waals surface area contributed by atoms with Crippen molar-refractivity contribution in [1.82, 2.24) is 4.98 Å². The number of aromatic nitrogens is 1. The number of rotatable bonds is 1. The molecule has 0 bridgehead atoms. The van der Waals surface area contributed by atoms with Gasteiger partial charge in [0.1, 0.15) is 0 Å². The topological polar surface area (TPSA) is 12.9 Å². The molecule has 0 aliphatic rings. The molecule has 3 aromatic rings. The zero-order chi connectivity index (χ0) is 13.4. The minimum atomic E-state index is 1.09. The fourth-order valence-electron chi connectivity index (χ4n) is 2.57. The second-order valence-corrected chi connectivity index (χ2v) is 5.02. The predicted octanol–water partition coefficient (Wildman–Crippen LogP) is 5.12. The highest BCUT2D eigenvalue weighted by Gasteiger charge is 2.06. The van der Waals surface area contributed by atoms with Crippen LogP contribution in [0.3, 0.4) is 0 Å². The molecule has 2 aromatic carbocycles. The van der Waals surface area contributed by atoms with Gasteiger partial charge in [-0.1, -0.05) is 42.0 Å². The lowest BCUT2D eigenvalue weighted by Crippen LogP contribution is -1.89. The molecule has 0 spiro atoms. The average molecular weight is 247 g/mol. The molecule has 94 valence electrons. The third-order valence-corrected chi connectivity index (χ3v) is 3.72. The molecule has 0 atom stereocenters. The van der Waals surface area contributed by atoms with Crippen LogP contribution in [0, 0.1) is 6.92 Å². The lowest BCUT2D eigenvalue weighted by atomic mass is 9.98. The summed E-state index contributed by atoms with van der Waals surface area (Å²) >= 11 is 0. The molecule has 19 heavy (non-hydrogen) atoms. The van der Waals surface area contributed by atoms with Crippen LogP contribution in [-0.4, -0.2) is 4.98 Å². The van der Waals surface area contributed by atoms with Gasteiger partial charge in [-0.2, -0.15) is 0 Å². The van der Waals surface area contributed by atoms with Crippen LogP contribution in [0.2, 0.25) is 0 Å². The number of hydrogen-bond donors (Lipinski definition) is 0. The molecule has 0 aliphatic carbocycles. The summed E-state index contributed by atoms with van der Waals surface area (Å²) in [5.74, 6) is 0. The van der Waals surface area contributed by atoms with Crippen LogP contribution in [-0.2, 0) is 0 Å². The van der Waals surface area contributed by atoms with E-state index in [1.807, 2.05) is 6.20 Å². The van der Waals surface area contributed by atoms with Gasteiger partial charge in [0.2, 0.25) is 0 Å². The van der Waals surface area contributed by atoms with E-state index in [0.29, 0.717) is 0 Å². The summed E-state index contributed by atoms with van der Waals surface area (Å²) in [5, 5.41) is 5.11. The lowest BCUT2D eigenvalue weighted by Gasteiger charge is -2.09. The first-order chi connectivity index (χ1) is 9.20. The zero-order valence-corrected chi connectivity index (χ0v) is 11.6. The smallest absolute Gasteiger partial charge is 0.0734 e. The Balaban J connectivity index is 2.45. The number of aryl methyl sites for hydroxylation is 1. The van der Waals surface area contributed by atoms with Gasteiger partial charge in [0.25, 0.3) is 0 Å². The van der Waals surface area contributed by atoms with Crippen molar-refractivity contribution in [1.29, 1.82) is 0 Å². The number of allylic oxidation sites excluding steroid dienone is 2. The number of pyridine rings is 1. The summed E-state index contributed by atoms with van der Waals surface area (Å²) in [6, 6.07) is 13.1. The first-order valence-corrected chi connectivity index (χ1v) is 6.62. The average Bonchev–Trinajstić information content (AvgIpc) is 2.45. The Labute approximate surface area is 113 Å². The van der Waals surface area contributed by atoms with E-state index in [9.17, 15) is 0 Å². The molecule has 0 radical (unpaired) electrons. The number of benzene rings is 2. The Morgan fingerprint density at radius 2 is 1.79 bits per heavy atom. The summed E-state index contributed by atoms with van der Waals surface area (Å²) in [6.45, 7) is 6.30. The normalized spacial score (nSPS) is 12.3. The van der Waals surface area contributed by atoms with Crippen LogP contribution < -0.4 is 0 Å². The Morgan fingerprint density at radius 1 is 1.00 bits per heavy atom. The molecule has 0 unspecified atom stereocenters. The summed E-state index contributed by atoms with van der Waals surface area (Å²) in [6.07, 6.45) is 4.02. The lowest BCUT2D eigenvalue weighted by molar-refractivity contribution is 1.30. The van der Waals surface area contributed by atoms with Gasteiger partial charge in [0, 0.05) is 11.6 Å². The van der Waals surface area contributed by atoms with E-state index in [1.165, 1.54) is 32.7 Å². The summed E-state index contributed by atoms with van der Waals surface area (Å²) < 4.78 is 0. The summed E-state index contributed by atoms with van der Waals surface area (Å²) in [5.41, 5.74) is 3.60. The Hall–Kier alpha value is -2.15. The molecular formula is C18H17N. The first kappa shape index (κ1) is 11.9. The van der Waals surface area contributed by atoms with Gasteiger partial charge in [-0.3, -0.25) is 4.98 Å². The molecule has 0 saturated heterocycles. The molecule has 0 N–H and O–H groups in total. The standard InChI is InChI=1S/C18H17N/c1-4-13(3)18-17-8-6-14-11-12(2)5-7-15(14)16(17)9-10-19-18/h4-11H,1-3H3/b13-4+. The highest BCUT2D eigenvalue weighted by molar-refractivity contribution is 6.09. The van der Waals surface area contributed by atoms with Crippen LogP contribution in [0.4, 0.5) is 0 Å². The monoisotopic (exact) mass is 247 g/mol. The van der Waals surface area contributed by atoms with Crippen LogP contribution >= 0.6 is 0 Å². The zero-order valence-electron chi connectivity index (χ0n) is 11.6. The van der Waals surface area contributed by atoms with E-state index in [2.05, 4.69) is 68.2 Å². The van der Waals surface area contributed by atoms with Gasteiger partial charge in [0.15, 0.2) is 0 Å². The summed E-state index contributed by atoms with van der Waals surface area (Å²) in [7, 11) is 0. The first-order valence-electron chi connectivity index (χ1n) is 6.62. The van der Waals surface area contributed by atoms with Gasteiger partial charge in [-0.25, -0.2) is 0 Å². The summed E-state index contributed by atoms with van der Waals surface area (Å²) in [4.78, 5) is 4.53. The van der Waals surface area contributed by atoms with E-state index in [1.54, 1.807) is 0 Å². The maximum Gasteiger partial charge on any atom is 0.0734 e. The molecule has 1 heterocycles. The van der Waals surface area contributed by atoms with Gasteiger partial charge in [-0.15, -0.1) is 0 Å². The maximum absolute atomic E-state index is 4.53. The van der Waals surface area contributed by atoms with Crippen molar-refractivity contribution in [3.8, 4) is 0 Å². The fraction of sp³-hybridized carbons (Fsp3) is 0.167.